The van der Waals surface area contributed by atoms with Crippen LogP contribution in [0.1, 0.15) is 29.0 Å². The zero-order chi connectivity index (χ0) is 14.5. The predicted molar refractivity (Wildman–Crippen MR) is 85.2 cm³/mol. The highest BCUT2D eigenvalue weighted by molar-refractivity contribution is 7.10. The zero-order valence-corrected chi connectivity index (χ0v) is 12.7. The maximum Gasteiger partial charge on any atom is 0.244 e. The lowest BCUT2D eigenvalue weighted by atomic mass is 9.98. The molecule has 2 heterocycles. The van der Waals surface area contributed by atoms with Crippen LogP contribution in [0.3, 0.4) is 0 Å². The molecule has 2 aromatic rings. The molecule has 1 amide bonds. The Bertz CT molecular complexity index is 628. The highest BCUT2D eigenvalue weighted by Crippen LogP contribution is 2.20. The molecule has 21 heavy (non-hydrogen) atoms. The van der Waals surface area contributed by atoms with Crippen LogP contribution in [0.4, 0.5) is 0 Å². The number of aryl methyl sites for hydroxylation is 1. The third-order valence-corrected chi connectivity index (χ3v) is 4.55. The summed E-state index contributed by atoms with van der Waals surface area (Å²) in [7, 11) is 0. The fourth-order valence-corrected chi connectivity index (χ4v) is 3.25. The standard InChI is InChI=1S/C16H19N3OS/c20-16(8-7-14-5-3-11-21-14)17-9-10-19-15-6-2-1-4-13(15)12-18-19/h3,5,7-8,11-12H,1-2,4,6,9-10H2,(H,17,20). The van der Waals surface area contributed by atoms with E-state index in [0.29, 0.717) is 6.54 Å². The van der Waals surface area contributed by atoms with Gasteiger partial charge in [0.1, 0.15) is 0 Å². The molecule has 2 aromatic heterocycles. The van der Waals surface area contributed by atoms with Gasteiger partial charge in [-0.1, -0.05) is 6.07 Å². The fourth-order valence-electron chi connectivity index (χ4n) is 2.64. The molecule has 3 rings (SSSR count). The van der Waals surface area contributed by atoms with E-state index in [2.05, 4.69) is 10.4 Å². The number of hydrogen-bond acceptors (Lipinski definition) is 3. The van der Waals surface area contributed by atoms with Gasteiger partial charge in [-0.15, -0.1) is 11.3 Å². The summed E-state index contributed by atoms with van der Waals surface area (Å²) >= 11 is 1.62. The van der Waals surface area contributed by atoms with Crippen molar-refractivity contribution in [2.75, 3.05) is 6.54 Å². The number of carbonyl (C=O) groups excluding carboxylic acids is 1. The number of fused-ring (bicyclic) bond motifs is 1. The molecule has 1 aliphatic rings. The molecule has 4 nitrogen and oxygen atoms in total. The second-order valence-electron chi connectivity index (χ2n) is 5.19. The molecule has 0 atom stereocenters. The Balaban J connectivity index is 1.47. The molecule has 5 heteroatoms. The number of amides is 1. The fraction of sp³-hybridized carbons (Fsp3) is 0.375. The zero-order valence-electron chi connectivity index (χ0n) is 11.9. The number of nitrogens with one attached hydrogen (secondary N) is 1. The molecule has 0 aliphatic heterocycles. The maximum absolute atomic E-state index is 11.7. The molecule has 0 radical (unpaired) electrons. The molecule has 110 valence electrons. The van der Waals surface area contributed by atoms with E-state index in [1.807, 2.05) is 34.5 Å². The van der Waals surface area contributed by atoms with Gasteiger partial charge in [-0.3, -0.25) is 9.48 Å². The summed E-state index contributed by atoms with van der Waals surface area (Å²) in [4.78, 5) is 12.8. The summed E-state index contributed by atoms with van der Waals surface area (Å²) in [5, 5.41) is 9.34. The quantitative estimate of drug-likeness (QED) is 0.863. The van der Waals surface area contributed by atoms with Gasteiger partial charge in [-0.05, 0) is 48.8 Å². The van der Waals surface area contributed by atoms with Crippen molar-refractivity contribution in [1.82, 2.24) is 15.1 Å². The number of hydrogen-bond donors (Lipinski definition) is 1. The molecule has 0 aromatic carbocycles. The van der Waals surface area contributed by atoms with Gasteiger partial charge >= 0.3 is 0 Å². The first kappa shape index (κ1) is 14.1. The summed E-state index contributed by atoms with van der Waals surface area (Å²) < 4.78 is 2.04. The van der Waals surface area contributed by atoms with Gasteiger partial charge in [0.25, 0.3) is 0 Å². The first-order chi connectivity index (χ1) is 10.3. The minimum absolute atomic E-state index is 0.0515. The lowest BCUT2D eigenvalue weighted by molar-refractivity contribution is -0.116. The molecular formula is C16H19N3OS. The van der Waals surface area contributed by atoms with Crippen molar-refractivity contribution in [3.63, 3.8) is 0 Å². The molecule has 1 aliphatic carbocycles. The van der Waals surface area contributed by atoms with E-state index < -0.39 is 0 Å². The molecule has 0 unspecified atom stereocenters. The lowest BCUT2D eigenvalue weighted by Gasteiger charge is -2.13. The lowest BCUT2D eigenvalue weighted by Crippen LogP contribution is -2.26. The summed E-state index contributed by atoms with van der Waals surface area (Å²) in [6.07, 6.45) is 10.2. The predicted octanol–water partition coefficient (Wildman–Crippen LogP) is 2.65. The van der Waals surface area contributed by atoms with Crippen LogP contribution in [0.2, 0.25) is 0 Å². The van der Waals surface area contributed by atoms with Crippen LogP contribution in [-0.2, 0) is 24.2 Å². The van der Waals surface area contributed by atoms with Gasteiger partial charge < -0.3 is 5.32 Å². The highest BCUT2D eigenvalue weighted by Gasteiger charge is 2.14. The van der Waals surface area contributed by atoms with Crippen molar-refractivity contribution in [3.8, 4) is 0 Å². The number of nitrogens with zero attached hydrogens (tertiary/aromatic N) is 2. The Morgan fingerprint density at radius 1 is 1.43 bits per heavy atom. The van der Waals surface area contributed by atoms with Crippen LogP contribution in [0.25, 0.3) is 6.08 Å². The Hall–Kier alpha value is -1.88. The Labute approximate surface area is 128 Å². The van der Waals surface area contributed by atoms with Crippen molar-refractivity contribution in [2.24, 2.45) is 0 Å². The van der Waals surface area contributed by atoms with Gasteiger partial charge in [0.05, 0.1) is 12.7 Å². The van der Waals surface area contributed by atoms with Crippen LogP contribution in [0.5, 0.6) is 0 Å². The summed E-state index contributed by atoms with van der Waals surface area (Å²) in [5.74, 6) is -0.0515. The first-order valence-electron chi connectivity index (χ1n) is 7.36. The summed E-state index contributed by atoms with van der Waals surface area (Å²) in [6.45, 7) is 1.36. The van der Waals surface area contributed by atoms with Gasteiger partial charge in [-0.25, -0.2) is 0 Å². The van der Waals surface area contributed by atoms with Crippen molar-refractivity contribution in [3.05, 3.63) is 45.9 Å². The molecular weight excluding hydrogens is 282 g/mol. The summed E-state index contributed by atoms with van der Waals surface area (Å²) in [5.41, 5.74) is 2.73. The van der Waals surface area contributed by atoms with Gasteiger partial charge in [0, 0.05) is 23.2 Å². The second-order valence-corrected chi connectivity index (χ2v) is 6.17. The van der Waals surface area contributed by atoms with Crippen LogP contribution in [0.15, 0.2) is 29.8 Å². The minimum atomic E-state index is -0.0515. The Morgan fingerprint density at radius 3 is 3.19 bits per heavy atom. The van der Waals surface area contributed by atoms with E-state index in [0.717, 1.165) is 24.3 Å². The van der Waals surface area contributed by atoms with E-state index in [9.17, 15) is 4.79 Å². The van der Waals surface area contributed by atoms with Crippen LogP contribution < -0.4 is 5.32 Å². The molecule has 0 saturated heterocycles. The highest BCUT2D eigenvalue weighted by atomic mass is 32.1. The van der Waals surface area contributed by atoms with Crippen molar-refractivity contribution < 1.29 is 4.79 Å². The summed E-state index contributed by atoms with van der Waals surface area (Å²) in [6, 6.07) is 3.97. The van der Waals surface area contributed by atoms with Crippen molar-refractivity contribution in [2.45, 2.75) is 32.2 Å². The van der Waals surface area contributed by atoms with Crippen LogP contribution in [-0.4, -0.2) is 22.2 Å². The molecule has 0 bridgehead atoms. The SMILES string of the molecule is O=C(C=Cc1cccs1)NCCn1ncc2c1CCCC2. The van der Waals surface area contributed by atoms with E-state index in [1.54, 1.807) is 17.4 Å². The largest absolute Gasteiger partial charge is 0.351 e. The van der Waals surface area contributed by atoms with E-state index in [1.165, 1.54) is 24.1 Å². The van der Waals surface area contributed by atoms with Gasteiger partial charge in [0.2, 0.25) is 5.91 Å². The topological polar surface area (TPSA) is 46.9 Å². The smallest absolute Gasteiger partial charge is 0.244 e. The first-order valence-corrected chi connectivity index (χ1v) is 8.24. The van der Waals surface area contributed by atoms with Crippen molar-refractivity contribution in [1.29, 1.82) is 0 Å². The third kappa shape index (κ3) is 3.61. The second kappa shape index (κ2) is 6.72. The minimum Gasteiger partial charge on any atom is -0.351 e. The number of thiophene rings is 1. The number of aromatic nitrogens is 2. The molecule has 0 saturated carbocycles. The molecule has 0 fully saturated rings. The average Bonchev–Trinajstić information content (AvgIpc) is 3.15. The molecule has 1 N–H and O–H groups in total. The normalized spacial score (nSPS) is 14.3. The van der Waals surface area contributed by atoms with E-state index in [-0.39, 0.29) is 5.91 Å². The Morgan fingerprint density at radius 2 is 2.33 bits per heavy atom. The van der Waals surface area contributed by atoms with Crippen LogP contribution >= 0.6 is 11.3 Å². The van der Waals surface area contributed by atoms with Gasteiger partial charge in [0.15, 0.2) is 0 Å². The Kier molecular flexibility index (Phi) is 4.50. The number of rotatable bonds is 5. The molecule has 0 spiro atoms. The van der Waals surface area contributed by atoms with E-state index >= 15 is 0 Å². The third-order valence-electron chi connectivity index (χ3n) is 3.71. The van der Waals surface area contributed by atoms with E-state index in [4.69, 9.17) is 0 Å². The average molecular weight is 301 g/mol. The van der Waals surface area contributed by atoms with Gasteiger partial charge in [-0.2, -0.15) is 5.10 Å². The van der Waals surface area contributed by atoms with Crippen molar-refractivity contribution >= 4 is 23.3 Å². The maximum atomic E-state index is 11.7. The monoisotopic (exact) mass is 301 g/mol. The number of carbonyl (C=O) groups is 1. The van der Waals surface area contributed by atoms with Crippen LogP contribution in [0, 0.1) is 0 Å².